The first-order valence-electron chi connectivity index (χ1n) is 4.78. The van der Waals surface area contributed by atoms with Crippen molar-refractivity contribution in [1.82, 2.24) is 0 Å². The normalized spacial score (nSPS) is 11.2. The fraction of sp³-hybridized carbons (Fsp3) is 0.800. The zero-order valence-electron chi connectivity index (χ0n) is 8.14. The molecule has 0 aromatic carbocycles. The molecule has 0 aliphatic carbocycles. The second kappa shape index (κ2) is 8.26. The fourth-order valence-electron chi connectivity index (χ4n) is 0.887. The van der Waals surface area contributed by atoms with Crippen molar-refractivity contribution >= 4 is 5.71 Å². The van der Waals surface area contributed by atoms with E-state index >= 15 is 0 Å². The summed E-state index contributed by atoms with van der Waals surface area (Å²) in [6, 6.07) is 2.15. The molecule has 0 fully saturated rings. The van der Waals surface area contributed by atoms with Crippen molar-refractivity contribution in [2.24, 2.45) is 4.99 Å². The first kappa shape index (κ1) is 11.2. The van der Waals surface area contributed by atoms with Crippen LogP contribution in [0.1, 0.15) is 46.0 Å². The molecule has 0 aromatic heterocycles. The highest BCUT2D eigenvalue weighted by atomic mass is 14.7. The molecule has 68 valence electrons. The SMILES string of the molecule is CCCCN=C(C#N)CCCC. The van der Waals surface area contributed by atoms with Gasteiger partial charge in [0.15, 0.2) is 0 Å². The van der Waals surface area contributed by atoms with Crippen LogP contribution in [0.15, 0.2) is 4.99 Å². The molecule has 2 heteroatoms. The van der Waals surface area contributed by atoms with Gasteiger partial charge in [0.2, 0.25) is 0 Å². The summed E-state index contributed by atoms with van der Waals surface area (Å²) in [6.45, 7) is 5.08. The van der Waals surface area contributed by atoms with Gasteiger partial charge in [-0.1, -0.05) is 26.7 Å². The number of aliphatic imine (C=N–C) groups is 1. The molecule has 0 aliphatic heterocycles. The predicted octanol–water partition coefficient (Wildman–Crippen LogP) is 2.94. The van der Waals surface area contributed by atoms with Crippen LogP contribution >= 0.6 is 0 Å². The summed E-state index contributed by atoms with van der Waals surface area (Å²) >= 11 is 0. The summed E-state index contributed by atoms with van der Waals surface area (Å²) in [5, 5.41) is 8.67. The van der Waals surface area contributed by atoms with Gasteiger partial charge in [-0.15, -0.1) is 0 Å². The monoisotopic (exact) mass is 166 g/mol. The third-order valence-corrected chi connectivity index (χ3v) is 1.71. The minimum atomic E-state index is 0.727. The lowest BCUT2D eigenvalue weighted by molar-refractivity contribution is 0.795. The molecule has 0 saturated carbocycles. The topological polar surface area (TPSA) is 36.1 Å². The molecule has 0 aliphatic rings. The lowest BCUT2D eigenvalue weighted by Gasteiger charge is -1.95. The van der Waals surface area contributed by atoms with Crippen molar-refractivity contribution in [3.63, 3.8) is 0 Å². The average Bonchev–Trinajstić information content (AvgIpc) is 2.11. The molecule has 2 nitrogen and oxygen atoms in total. The maximum atomic E-state index is 8.67. The lowest BCUT2D eigenvalue weighted by atomic mass is 10.2. The number of hydrogen-bond donors (Lipinski definition) is 0. The summed E-state index contributed by atoms with van der Waals surface area (Å²) in [7, 11) is 0. The Morgan fingerprint density at radius 2 is 1.92 bits per heavy atom. The van der Waals surface area contributed by atoms with Gasteiger partial charge in [-0.25, -0.2) is 0 Å². The van der Waals surface area contributed by atoms with Crippen LogP contribution in [-0.4, -0.2) is 12.3 Å². The highest BCUT2D eigenvalue weighted by Gasteiger charge is 1.94. The molecular weight excluding hydrogens is 148 g/mol. The lowest BCUT2D eigenvalue weighted by Crippen LogP contribution is -1.95. The Balaban J connectivity index is 3.65. The molecule has 0 spiro atoms. The molecule has 0 rings (SSSR count). The first-order valence-corrected chi connectivity index (χ1v) is 4.78. The smallest absolute Gasteiger partial charge is 0.114 e. The summed E-state index contributed by atoms with van der Waals surface area (Å²) in [6.07, 6.45) is 5.32. The van der Waals surface area contributed by atoms with E-state index < -0.39 is 0 Å². The predicted molar refractivity (Wildman–Crippen MR) is 52.3 cm³/mol. The number of hydrogen-bond acceptors (Lipinski definition) is 2. The van der Waals surface area contributed by atoms with Crippen molar-refractivity contribution in [3.05, 3.63) is 0 Å². The summed E-state index contributed by atoms with van der Waals surface area (Å²) in [4.78, 5) is 4.22. The number of unbranched alkanes of at least 4 members (excludes halogenated alkanes) is 2. The summed E-state index contributed by atoms with van der Waals surface area (Å²) in [5.74, 6) is 0. The standard InChI is InChI=1S/C10H18N2/c1-3-5-7-10(9-11)12-8-6-4-2/h3-8H2,1-2H3. The van der Waals surface area contributed by atoms with Gasteiger partial charge in [0.25, 0.3) is 0 Å². The third-order valence-electron chi connectivity index (χ3n) is 1.71. The summed E-state index contributed by atoms with van der Waals surface area (Å²) in [5.41, 5.74) is 0.727. The van der Waals surface area contributed by atoms with Crippen molar-refractivity contribution < 1.29 is 0 Å². The van der Waals surface area contributed by atoms with Crippen LogP contribution in [0.25, 0.3) is 0 Å². The zero-order valence-corrected chi connectivity index (χ0v) is 8.14. The zero-order chi connectivity index (χ0) is 9.23. The molecule has 12 heavy (non-hydrogen) atoms. The quantitative estimate of drug-likeness (QED) is 0.441. The van der Waals surface area contributed by atoms with E-state index in [1.165, 1.54) is 0 Å². The molecule has 0 saturated heterocycles. The van der Waals surface area contributed by atoms with E-state index in [0.29, 0.717) is 0 Å². The third kappa shape index (κ3) is 5.91. The Hall–Kier alpha value is -0.840. The first-order chi connectivity index (χ1) is 5.85. The molecule has 0 radical (unpaired) electrons. The van der Waals surface area contributed by atoms with Gasteiger partial charge in [0.1, 0.15) is 11.8 Å². The highest BCUT2D eigenvalue weighted by molar-refractivity contribution is 5.98. The van der Waals surface area contributed by atoms with E-state index in [2.05, 4.69) is 24.9 Å². The van der Waals surface area contributed by atoms with E-state index in [-0.39, 0.29) is 0 Å². The van der Waals surface area contributed by atoms with Crippen molar-refractivity contribution in [2.45, 2.75) is 46.0 Å². The Labute approximate surface area is 75.3 Å². The Kier molecular flexibility index (Phi) is 7.68. The highest BCUT2D eigenvalue weighted by Crippen LogP contribution is 1.97. The van der Waals surface area contributed by atoms with E-state index in [1.807, 2.05) is 0 Å². The van der Waals surface area contributed by atoms with E-state index in [9.17, 15) is 0 Å². The molecule has 0 heterocycles. The van der Waals surface area contributed by atoms with Crippen molar-refractivity contribution in [3.8, 4) is 6.07 Å². The van der Waals surface area contributed by atoms with Crippen LogP contribution in [0, 0.1) is 11.3 Å². The maximum Gasteiger partial charge on any atom is 0.114 e. The second-order valence-corrected chi connectivity index (χ2v) is 2.90. The molecule has 0 amide bonds. The molecule has 0 atom stereocenters. The van der Waals surface area contributed by atoms with Gasteiger partial charge in [0.05, 0.1) is 0 Å². The number of rotatable bonds is 6. The van der Waals surface area contributed by atoms with Gasteiger partial charge in [-0.05, 0) is 19.3 Å². The van der Waals surface area contributed by atoms with E-state index in [1.54, 1.807) is 0 Å². The minimum Gasteiger partial charge on any atom is -0.279 e. The van der Waals surface area contributed by atoms with E-state index in [4.69, 9.17) is 5.26 Å². The van der Waals surface area contributed by atoms with Gasteiger partial charge in [-0.2, -0.15) is 5.26 Å². The maximum absolute atomic E-state index is 8.67. The Morgan fingerprint density at radius 3 is 2.42 bits per heavy atom. The average molecular weight is 166 g/mol. The molecule has 0 aromatic rings. The van der Waals surface area contributed by atoms with E-state index in [0.717, 1.165) is 44.4 Å². The van der Waals surface area contributed by atoms with Crippen molar-refractivity contribution in [1.29, 1.82) is 5.26 Å². The van der Waals surface area contributed by atoms with Crippen LogP contribution in [0.4, 0.5) is 0 Å². The van der Waals surface area contributed by atoms with Crippen LogP contribution < -0.4 is 0 Å². The summed E-state index contributed by atoms with van der Waals surface area (Å²) < 4.78 is 0. The largest absolute Gasteiger partial charge is 0.279 e. The van der Waals surface area contributed by atoms with Crippen LogP contribution in [0.3, 0.4) is 0 Å². The molecular formula is C10H18N2. The van der Waals surface area contributed by atoms with Crippen LogP contribution in [0.5, 0.6) is 0 Å². The minimum absolute atomic E-state index is 0.727. The van der Waals surface area contributed by atoms with Crippen molar-refractivity contribution in [2.75, 3.05) is 6.54 Å². The Morgan fingerprint density at radius 1 is 1.25 bits per heavy atom. The van der Waals surface area contributed by atoms with Crippen LogP contribution in [0.2, 0.25) is 0 Å². The molecule has 0 bridgehead atoms. The van der Waals surface area contributed by atoms with Gasteiger partial charge >= 0.3 is 0 Å². The van der Waals surface area contributed by atoms with Gasteiger partial charge in [-0.3, -0.25) is 4.99 Å². The van der Waals surface area contributed by atoms with Gasteiger partial charge < -0.3 is 0 Å². The van der Waals surface area contributed by atoms with Crippen LogP contribution in [-0.2, 0) is 0 Å². The second-order valence-electron chi connectivity index (χ2n) is 2.90. The number of nitriles is 1. The fourth-order valence-corrected chi connectivity index (χ4v) is 0.887. The molecule has 0 unspecified atom stereocenters. The number of nitrogens with zero attached hydrogens (tertiary/aromatic N) is 2. The molecule has 0 N–H and O–H groups in total. The van der Waals surface area contributed by atoms with Gasteiger partial charge in [0, 0.05) is 6.54 Å². The Bertz CT molecular complexity index is 165.